The lowest BCUT2D eigenvalue weighted by Crippen LogP contribution is -2.28. The van der Waals surface area contributed by atoms with Crippen LogP contribution >= 0.6 is 22.9 Å². The SMILES string of the molecule is FC(F)COCCNC1CCCc2sc(Cl)cc21. The van der Waals surface area contributed by atoms with Crippen molar-refractivity contribution in [1.82, 2.24) is 5.32 Å². The number of nitrogens with one attached hydrogen (secondary N) is 1. The quantitative estimate of drug-likeness (QED) is 0.809. The Balaban J connectivity index is 1.77. The average Bonchev–Trinajstić information content (AvgIpc) is 2.69. The van der Waals surface area contributed by atoms with Gasteiger partial charge in [0, 0.05) is 17.5 Å². The molecule has 0 fully saturated rings. The van der Waals surface area contributed by atoms with Crippen molar-refractivity contribution in [1.29, 1.82) is 0 Å². The van der Waals surface area contributed by atoms with Crippen LogP contribution in [0.3, 0.4) is 0 Å². The zero-order valence-corrected chi connectivity index (χ0v) is 11.5. The van der Waals surface area contributed by atoms with Crippen molar-refractivity contribution in [3.05, 3.63) is 20.8 Å². The zero-order chi connectivity index (χ0) is 13.0. The molecule has 2 rings (SSSR count). The number of thiophene rings is 1. The van der Waals surface area contributed by atoms with Gasteiger partial charge in [0.25, 0.3) is 6.43 Å². The van der Waals surface area contributed by atoms with E-state index >= 15 is 0 Å². The highest BCUT2D eigenvalue weighted by molar-refractivity contribution is 7.16. The van der Waals surface area contributed by atoms with Gasteiger partial charge < -0.3 is 10.1 Å². The first-order chi connectivity index (χ1) is 8.66. The summed E-state index contributed by atoms with van der Waals surface area (Å²) >= 11 is 7.65. The molecule has 0 spiro atoms. The molecule has 102 valence electrons. The van der Waals surface area contributed by atoms with Gasteiger partial charge in [-0.25, -0.2) is 8.78 Å². The number of ether oxygens (including phenoxy) is 1. The molecule has 1 aromatic rings. The Bertz CT molecular complexity index is 386. The lowest BCUT2D eigenvalue weighted by molar-refractivity contribution is 0.0181. The van der Waals surface area contributed by atoms with Gasteiger partial charge in [-0.05, 0) is 30.9 Å². The number of alkyl halides is 2. The third-order valence-corrected chi connectivity index (χ3v) is 4.30. The van der Waals surface area contributed by atoms with Crippen molar-refractivity contribution in [3.63, 3.8) is 0 Å². The van der Waals surface area contributed by atoms with Gasteiger partial charge >= 0.3 is 0 Å². The van der Waals surface area contributed by atoms with Crippen molar-refractivity contribution in [2.24, 2.45) is 0 Å². The summed E-state index contributed by atoms with van der Waals surface area (Å²) in [4.78, 5) is 1.34. The van der Waals surface area contributed by atoms with Crippen LogP contribution in [-0.4, -0.2) is 26.2 Å². The Kier molecular flexibility index (Phi) is 5.36. The maximum absolute atomic E-state index is 11.9. The molecule has 1 atom stereocenters. The molecular formula is C12H16ClF2NOS. The number of aryl methyl sites for hydroxylation is 1. The molecule has 1 aliphatic rings. The molecule has 1 unspecified atom stereocenters. The van der Waals surface area contributed by atoms with E-state index in [-0.39, 0.29) is 6.04 Å². The minimum Gasteiger partial charge on any atom is -0.374 e. The molecule has 0 aliphatic heterocycles. The maximum atomic E-state index is 11.9. The van der Waals surface area contributed by atoms with Crippen LogP contribution in [0.15, 0.2) is 6.07 Å². The number of fused-ring (bicyclic) bond motifs is 1. The predicted molar refractivity (Wildman–Crippen MR) is 69.8 cm³/mol. The highest BCUT2D eigenvalue weighted by Gasteiger charge is 2.22. The van der Waals surface area contributed by atoms with E-state index in [1.165, 1.54) is 10.4 Å². The molecule has 0 amide bonds. The monoisotopic (exact) mass is 295 g/mol. The lowest BCUT2D eigenvalue weighted by atomic mass is 9.94. The van der Waals surface area contributed by atoms with Crippen LogP contribution in [0.4, 0.5) is 8.78 Å². The van der Waals surface area contributed by atoms with E-state index in [0.717, 1.165) is 23.6 Å². The summed E-state index contributed by atoms with van der Waals surface area (Å²) in [6.07, 6.45) is 0.906. The number of hydrogen-bond donors (Lipinski definition) is 1. The molecule has 0 bridgehead atoms. The fourth-order valence-corrected chi connectivity index (χ4v) is 3.59. The highest BCUT2D eigenvalue weighted by atomic mass is 35.5. The summed E-state index contributed by atoms with van der Waals surface area (Å²) in [5.41, 5.74) is 1.27. The second kappa shape index (κ2) is 6.80. The van der Waals surface area contributed by atoms with Crippen molar-refractivity contribution in [3.8, 4) is 0 Å². The van der Waals surface area contributed by atoms with Gasteiger partial charge in [-0.1, -0.05) is 11.6 Å². The average molecular weight is 296 g/mol. The van der Waals surface area contributed by atoms with Gasteiger partial charge in [0.2, 0.25) is 0 Å². The molecule has 0 aromatic carbocycles. The van der Waals surface area contributed by atoms with Crippen molar-refractivity contribution < 1.29 is 13.5 Å². The molecule has 0 radical (unpaired) electrons. The Morgan fingerprint density at radius 2 is 2.39 bits per heavy atom. The second-order valence-electron chi connectivity index (χ2n) is 4.29. The predicted octanol–water partition coefficient (Wildman–Crippen LogP) is 3.65. The van der Waals surface area contributed by atoms with E-state index in [1.807, 2.05) is 6.07 Å². The van der Waals surface area contributed by atoms with Crippen LogP contribution < -0.4 is 5.32 Å². The maximum Gasteiger partial charge on any atom is 0.261 e. The van der Waals surface area contributed by atoms with E-state index in [9.17, 15) is 8.78 Å². The first kappa shape index (κ1) is 14.2. The van der Waals surface area contributed by atoms with Crippen LogP contribution in [0.1, 0.15) is 29.3 Å². The van der Waals surface area contributed by atoms with Crippen LogP contribution in [-0.2, 0) is 11.2 Å². The molecule has 6 heteroatoms. The van der Waals surface area contributed by atoms with Gasteiger partial charge in [-0.15, -0.1) is 11.3 Å². The molecule has 2 nitrogen and oxygen atoms in total. The fraction of sp³-hybridized carbons (Fsp3) is 0.667. The Hall–Kier alpha value is -0.230. The molecule has 0 saturated carbocycles. The summed E-state index contributed by atoms with van der Waals surface area (Å²) in [5, 5.41) is 3.34. The molecule has 1 heterocycles. The third kappa shape index (κ3) is 3.88. The Morgan fingerprint density at radius 1 is 1.56 bits per heavy atom. The normalized spacial score (nSPS) is 19.2. The topological polar surface area (TPSA) is 21.3 Å². The molecule has 1 aromatic heterocycles. The molecule has 1 N–H and O–H groups in total. The second-order valence-corrected chi connectivity index (χ2v) is 6.06. The van der Waals surface area contributed by atoms with E-state index < -0.39 is 13.0 Å². The summed E-state index contributed by atoms with van der Waals surface area (Å²) in [5.74, 6) is 0. The summed E-state index contributed by atoms with van der Waals surface area (Å²) in [6, 6.07) is 2.30. The van der Waals surface area contributed by atoms with Gasteiger partial charge in [-0.3, -0.25) is 0 Å². The Morgan fingerprint density at radius 3 is 3.17 bits per heavy atom. The summed E-state index contributed by atoms with van der Waals surface area (Å²) in [6.45, 7) is 0.417. The smallest absolute Gasteiger partial charge is 0.261 e. The van der Waals surface area contributed by atoms with Crippen LogP contribution in [0.25, 0.3) is 0 Å². The largest absolute Gasteiger partial charge is 0.374 e. The number of rotatable bonds is 6. The van der Waals surface area contributed by atoms with E-state index in [1.54, 1.807) is 11.3 Å². The van der Waals surface area contributed by atoms with E-state index in [0.29, 0.717) is 13.2 Å². The van der Waals surface area contributed by atoms with Crippen molar-refractivity contribution in [2.75, 3.05) is 19.8 Å². The molecule has 18 heavy (non-hydrogen) atoms. The fourth-order valence-electron chi connectivity index (χ4n) is 2.21. The van der Waals surface area contributed by atoms with Crippen LogP contribution in [0, 0.1) is 0 Å². The van der Waals surface area contributed by atoms with E-state index in [2.05, 4.69) is 5.32 Å². The summed E-state index contributed by atoms with van der Waals surface area (Å²) < 4.78 is 29.4. The van der Waals surface area contributed by atoms with Gasteiger partial charge in [0.1, 0.15) is 6.61 Å². The number of halogens is 3. The highest BCUT2D eigenvalue weighted by Crippen LogP contribution is 2.37. The molecule has 0 saturated heterocycles. The van der Waals surface area contributed by atoms with Crippen molar-refractivity contribution in [2.45, 2.75) is 31.7 Å². The summed E-state index contributed by atoms with van der Waals surface area (Å²) in [7, 11) is 0. The standard InChI is InChI=1S/C12H16ClF2NOS/c13-11-6-8-9(2-1-3-10(8)18-11)16-4-5-17-7-12(14)15/h6,9,12,16H,1-5,7H2. The van der Waals surface area contributed by atoms with Crippen LogP contribution in [0.2, 0.25) is 4.34 Å². The first-order valence-corrected chi connectivity index (χ1v) is 7.23. The molecule has 1 aliphatic carbocycles. The van der Waals surface area contributed by atoms with Gasteiger partial charge in [0.15, 0.2) is 0 Å². The minimum absolute atomic E-state index is 0.285. The van der Waals surface area contributed by atoms with E-state index in [4.69, 9.17) is 16.3 Å². The zero-order valence-electron chi connectivity index (χ0n) is 9.93. The lowest BCUT2D eigenvalue weighted by Gasteiger charge is -2.23. The van der Waals surface area contributed by atoms with Crippen molar-refractivity contribution >= 4 is 22.9 Å². The first-order valence-electron chi connectivity index (χ1n) is 6.04. The van der Waals surface area contributed by atoms with Gasteiger partial charge in [0.05, 0.1) is 10.9 Å². The minimum atomic E-state index is -2.39. The third-order valence-electron chi connectivity index (χ3n) is 2.96. The van der Waals surface area contributed by atoms with Gasteiger partial charge in [-0.2, -0.15) is 0 Å². The number of hydrogen-bond acceptors (Lipinski definition) is 3. The Labute approximate surface area is 114 Å². The van der Waals surface area contributed by atoms with Crippen LogP contribution in [0.5, 0.6) is 0 Å². The molecular weight excluding hydrogens is 280 g/mol.